The summed E-state index contributed by atoms with van der Waals surface area (Å²) in [6.07, 6.45) is 19.6. The molecule has 1 aromatic heterocycles. The zero-order valence-electron chi connectivity index (χ0n) is 24.3. The topological polar surface area (TPSA) is 64.1 Å². The minimum absolute atomic E-state index is 0.0745. The third-order valence-corrected chi connectivity index (χ3v) is 7.31. The lowest BCUT2D eigenvalue weighted by Crippen LogP contribution is -2.42. The van der Waals surface area contributed by atoms with E-state index in [9.17, 15) is 4.79 Å². The third-order valence-electron chi connectivity index (χ3n) is 7.31. The Kier molecular flexibility index (Phi) is 12.9. The maximum absolute atomic E-state index is 13.5. The lowest BCUT2D eigenvalue weighted by molar-refractivity contribution is -0.134. The average molecular weight is 536 g/mol. The van der Waals surface area contributed by atoms with Crippen LogP contribution in [0.3, 0.4) is 0 Å². The highest BCUT2D eigenvalue weighted by molar-refractivity contribution is 5.94. The number of hydrogen-bond donors (Lipinski definition) is 0. The van der Waals surface area contributed by atoms with Crippen molar-refractivity contribution in [3.8, 4) is 12.8 Å². The van der Waals surface area contributed by atoms with Crippen LogP contribution >= 0.6 is 0 Å². The fourth-order valence-electron chi connectivity index (χ4n) is 5.17. The van der Waals surface area contributed by atoms with E-state index in [0.29, 0.717) is 25.9 Å². The number of likely N-dealkylation sites (tertiary alicyclic amines) is 1. The number of rotatable bonds is 4. The molecule has 7 heteroatoms. The predicted molar refractivity (Wildman–Crippen MR) is 158 cm³/mol. The summed E-state index contributed by atoms with van der Waals surface area (Å²) in [6.45, 7) is 18.4. The number of aromatic nitrogens is 1. The van der Waals surface area contributed by atoms with Crippen molar-refractivity contribution in [2.45, 2.75) is 53.6 Å². The second kappa shape index (κ2) is 15.8. The fraction of sp³-hybridized carbons (Fsp3) is 0.500. The van der Waals surface area contributed by atoms with Gasteiger partial charge in [0.25, 0.3) is 0 Å². The van der Waals surface area contributed by atoms with E-state index >= 15 is 0 Å². The number of carbonyl (C=O) groups is 1. The van der Waals surface area contributed by atoms with Gasteiger partial charge in [-0.05, 0) is 62.8 Å². The first kappa shape index (κ1) is 31.7. The molecule has 3 fully saturated rings. The molecule has 0 aromatic carbocycles. The van der Waals surface area contributed by atoms with Crippen molar-refractivity contribution in [2.75, 3.05) is 44.5 Å². The van der Waals surface area contributed by atoms with Crippen LogP contribution in [0, 0.1) is 24.2 Å². The third kappa shape index (κ3) is 7.54. The average Bonchev–Trinajstić information content (AvgIpc) is 3.66. The molecule has 212 valence electrons. The highest BCUT2D eigenvalue weighted by Gasteiger charge is 2.57. The van der Waals surface area contributed by atoms with Crippen LogP contribution in [0.15, 0.2) is 72.4 Å². The Labute approximate surface area is 235 Å². The van der Waals surface area contributed by atoms with Crippen LogP contribution < -0.4 is 4.90 Å². The van der Waals surface area contributed by atoms with E-state index in [4.69, 9.17) is 9.47 Å². The van der Waals surface area contributed by atoms with Crippen LogP contribution in [0.5, 0.6) is 0 Å². The molecular weight excluding hydrogens is 490 g/mol. The van der Waals surface area contributed by atoms with Gasteiger partial charge in [-0.2, -0.15) is 0 Å². The molecule has 0 N–H and O–H groups in total. The number of ether oxygens (including phenoxy) is 3. The number of allylic oxidation sites excluding steroid dienone is 4. The van der Waals surface area contributed by atoms with Crippen molar-refractivity contribution in [1.29, 1.82) is 0 Å². The molecule has 1 amide bonds. The molecule has 4 aliphatic heterocycles. The number of amides is 1. The van der Waals surface area contributed by atoms with E-state index in [-0.39, 0.29) is 12.0 Å². The van der Waals surface area contributed by atoms with Gasteiger partial charge in [-0.1, -0.05) is 44.7 Å². The highest BCUT2D eigenvalue weighted by atomic mass is 16.7. The van der Waals surface area contributed by atoms with E-state index in [0.717, 1.165) is 55.2 Å². The molecule has 4 aliphatic rings. The van der Waals surface area contributed by atoms with Crippen LogP contribution in [-0.4, -0.2) is 61.5 Å². The molecular formula is C32H45N3O4. The number of anilines is 1. The normalized spacial score (nSPS) is 25.3. The molecule has 2 atom stereocenters. The molecule has 1 spiro atoms. The maximum atomic E-state index is 13.5. The van der Waals surface area contributed by atoms with Crippen molar-refractivity contribution in [2.24, 2.45) is 11.3 Å². The first-order valence-electron chi connectivity index (χ1n) is 13.8. The summed E-state index contributed by atoms with van der Waals surface area (Å²) in [6, 6.07) is 6.05. The summed E-state index contributed by atoms with van der Waals surface area (Å²) in [5, 5.41) is 0. The smallest absolute Gasteiger partial charge is 0.239 e. The lowest BCUT2D eigenvalue weighted by Gasteiger charge is -2.34. The number of piperidine rings is 1. The Morgan fingerprint density at radius 2 is 1.95 bits per heavy atom. The van der Waals surface area contributed by atoms with Gasteiger partial charge in [0.05, 0.1) is 12.7 Å². The molecule has 7 nitrogen and oxygen atoms in total. The number of carbonyl (C=O) groups excluding carboxylic acids is 1. The van der Waals surface area contributed by atoms with Gasteiger partial charge >= 0.3 is 0 Å². The van der Waals surface area contributed by atoms with Gasteiger partial charge in [0, 0.05) is 32.4 Å². The SMILES string of the molecule is C#C.C=C1C(C)OCC12C(=O)N(CC1CCN(c3ccccn3)CC1)C/C2=C\C=C/C.CC.CC1=COCO1. The number of nitrogens with zero attached hydrogens (tertiary/aromatic N) is 3. The van der Waals surface area contributed by atoms with Gasteiger partial charge in [-0.15, -0.1) is 12.8 Å². The minimum Gasteiger partial charge on any atom is -0.462 e. The molecule has 2 unspecified atom stereocenters. The highest BCUT2D eigenvalue weighted by Crippen LogP contribution is 2.49. The molecule has 0 bridgehead atoms. The number of pyridine rings is 1. The summed E-state index contributed by atoms with van der Waals surface area (Å²) >= 11 is 0. The fourth-order valence-corrected chi connectivity index (χ4v) is 5.17. The van der Waals surface area contributed by atoms with Crippen LogP contribution in [0.2, 0.25) is 0 Å². The van der Waals surface area contributed by atoms with E-state index < -0.39 is 5.41 Å². The van der Waals surface area contributed by atoms with E-state index in [2.05, 4.69) is 46.2 Å². The van der Waals surface area contributed by atoms with Gasteiger partial charge < -0.3 is 24.0 Å². The number of hydrogen-bond acceptors (Lipinski definition) is 6. The zero-order chi connectivity index (χ0) is 28.8. The van der Waals surface area contributed by atoms with E-state index in [1.807, 2.05) is 70.0 Å². The summed E-state index contributed by atoms with van der Waals surface area (Å²) < 4.78 is 15.3. The maximum Gasteiger partial charge on any atom is 0.239 e. The Bertz CT molecular complexity index is 1040. The first-order chi connectivity index (χ1) is 19.0. The molecule has 0 aliphatic carbocycles. The molecule has 1 aromatic rings. The Morgan fingerprint density at radius 1 is 1.23 bits per heavy atom. The van der Waals surface area contributed by atoms with Crippen molar-refractivity contribution >= 4 is 11.7 Å². The summed E-state index contributed by atoms with van der Waals surface area (Å²) in [7, 11) is 0. The quantitative estimate of drug-likeness (QED) is 0.362. The first-order valence-corrected chi connectivity index (χ1v) is 13.8. The number of terminal acetylenes is 1. The lowest BCUT2D eigenvalue weighted by atomic mass is 9.76. The van der Waals surface area contributed by atoms with Crippen molar-refractivity contribution in [3.05, 3.63) is 72.4 Å². The van der Waals surface area contributed by atoms with Crippen LogP contribution in [0.25, 0.3) is 0 Å². The van der Waals surface area contributed by atoms with Gasteiger partial charge in [0.1, 0.15) is 23.3 Å². The Morgan fingerprint density at radius 3 is 2.44 bits per heavy atom. The second-order valence-electron chi connectivity index (χ2n) is 9.56. The Hall–Kier alpha value is -3.50. The van der Waals surface area contributed by atoms with Crippen molar-refractivity contribution in [1.82, 2.24) is 9.88 Å². The van der Waals surface area contributed by atoms with Crippen LogP contribution in [0.4, 0.5) is 5.82 Å². The summed E-state index contributed by atoms with van der Waals surface area (Å²) in [5.41, 5.74) is 1.37. The van der Waals surface area contributed by atoms with Gasteiger partial charge in [0.15, 0.2) is 0 Å². The van der Waals surface area contributed by atoms with Crippen molar-refractivity contribution < 1.29 is 19.0 Å². The minimum atomic E-state index is -0.659. The van der Waals surface area contributed by atoms with Crippen LogP contribution in [0.1, 0.15) is 47.5 Å². The van der Waals surface area contributed by atoms with Crippen molar-refractivity contribution in [3.63, 3.8) is 0 Å². The van der Waals surface area contributed by atoms with E-state index in [1.54, 1.807) is 6.26 Å². The zero-order valence-corrected chi connectivity index (χ0v) is 24.3. The largest absolute Gasteiger partial charge is 0.462 e. The molecule has 5 heterocycles. The second-order valence-corrected chi connectivity index (χ2v) is 9.56. The van der Waals surface area contributed by atoms with Crippen LogP contribution in [-0.2, 0) is 19.0 Å². The van der Waals surface area contributed by atoms with E-state index in [1.165, 1.54) is 0 Å². The molecule has 5 rings (SSSR count). The van der Waals surface area contributed by atoms with Gasteiger partial charge in [0.2, 0.25) is 12.7 Å². The molecule has 39 heavy (non-hydrogen) atoms. The Balaban J connectivity index is 0.000000458. The standard InChI is InChI=1S/C24H31N3O2.C4H6O2.C2H6.C2H2/c1-4-5-8-21-16-27(23(28)24(21)17-29-19(3)18(24)2)15-20-10-13-26(14-11-20)22-9-6-7-12-25-22;1-4-2-5-3-6-4;2*1-2/h4-9,12,19-20H,2,10-11,13-17H2,1,3H3;2H,3H2,1H3;1-2H3;1-2H/b5-4-,21-8+;;;. The molecule has 0 radical (unpaired) electrons. The van der Waals surface area contributed by atoms with Gasteiger partial charge in [-0.3, -0.25) is 4.79 Å². The molecule has 3 saturated heterocycles. The predicted octanol–water partition coefficient (Wildman–Crippen LogP) is 5.73. The van der Waals surface area contributed by atoms with Gasteiger partial charge in [-0.25, -0.2) is 4.98 Å². The summed E-state index contributed by atoms with van der Waals surface area (Å²) in [5.74, 6) is 2.60. The summed E-state index contributed by atoms with van der Waals surface area (Å²) in [4.78, 5) is 22.4. The molecule has 0 saturated carbocycles. The monoisotopic (exact) mass is 535 g/mol.